The zero-order valence-electron chi connectivity index (χ0n) is 5.33. The van der Waals surface area contributed by atoms with E-state index in [0.29, 0.717) is 12.1 Å². The summed E-state index contributed by atoms with van der Waals surface area (Å²) in [6, 6.07) is 0. The summed E-state index contributed by atoms with van der Waals surface area (Å²) >= 11 is 0. The third kappa shape index (κ3) is 2.11. The lowest BCUT2D eigenvalue weighted by molar-refractivity contribution is -0.114. The molecule has 0 spiro atoms. The number of primary amides is 1. The Morgan fingerprint density at radius 1 is 1.70 bits per heavy atom. The number of nitrogens with two attached hydrogens (primary N) is 1. The molecule has 0 bridgehead atoms. The predicted molar refractivity (Wildman–Crippen MR) is 41.7 cm³/mol. The molecule has 10 heavy (non-hydrogen) atoms. The second kappa shape index (κ2) is 3.95. The number of carbonyl (C=O) groups excluding carboxylic acids is 1. The second-order valence-corrected chi connectivity index (χ2v) is 1.80. The van der Waals surface area contributed by atoms with E-state index < -0.39 is 0 Å². The molecule has 0 atom stereocenters. The van der Waals surface area contributed by atoms with Gasteiger partial charge in [-0.3, -0.25) is 4.79 Å². The van der Waals surface area contributed by atoms with Crippen LogP contribution in [0.3, 0.4) is 0 Å². The van der Waals surface area contributed by atoms with Gasteiger partial charge >= 0.3 is 0 Å². The van der Waals surface area contributed by atoms with Gasteiger partial charge in [-0.25, -0.2) is 0 Å². The fraction of sp³-hybridized carbons (Fsp3) is 0.167. The Morgan fingerprint density at radius 3 is 2.70 bits per heavy atom. The highest BCUT2D eigenvalue weighted by molar-refractivity contribution is 5.92. The van der Waals surface area contributed by atoms with E-state index in [9.17, 15) is 4.79 Å². The van der Waals surface area contributed by atoms with E-state index in [4.69, 9.17) is 5.73 Å². The van der Waals surface area contributed by atoms with Crippen LogP contribution in [0.25, 0.3) is 0 Å². The van der Waals surface area contributed by atoms with Gasteiger partial charge in [0.05, 0.1) is 0 Å². The highest BCUT2D eigenvalue weighted by atomic mass is 35.5. The first-order valence-corrected chi connectivity index (χ1v) is 2.69. The third-order valence-corrected chi connectivity index (χ3v) is 1.12. The first kappa shape index (κ1) is 9.04. The van der Waals surface area contributed by atoms with Crippen LogP contribution in [0.1, 0.15) is 0 Å². The Morgan fingerprint density at radius 2 is 2.40 bits per heavy atom. The zero-order valence-corrected chi connectivity index (χ0v) is 6.15. The van der Waals surface area contributed by atoms with E-state index in [1.54, 1.807) is 18.4 Å². The monoisotopic (exact) mass is 160 g/mol. The molecule has 1 aliphatic rings. The molecule has 3 nitrogen and oxygen atoms in total. The summed E-state index contributed by atoms with van der Waals surface area (Å²) in [6.07, 6.45) is 5.23. The number of rotatable bonds is 1. The number of hydrogen-bond donors (Lipinski definition) is 2. The van der Waals surface area contributed by atoms with Crippen molar-refractivity contribution in [1.82, 2.24) is 5.32 Å². The highest BCUT2D eigenvalue weighted by Crippen LogP contribution is 1.95. The Labute approximate surface area is 65.4 Å². The summed E-state index contributed by atoms with van der Waals surface area (Å²) in [6.45, 7) is 0.547. The number of halogens is 1. The van der Waals surface area contributed by atoms with Crippen molar-refractivity contribution in [2.45, 2.75) is 0 Å². The summed E-state index contributed by atoms with van der Waals surface area (Å²) in [5.74, 6) is -0.355. The maximum Gasteiger partial charge on any atom is 0.246 e. The molecule has 1 rings (SSSR count). The smallest absolute Gasteiger partial charge is 0.246 e. The normalized spacial score (nSPS) is 14.6. The Kier molecular flexibility index (Phi) is 3.57. The molecule has 1 aliphatic heterocycles. The first-order chi connectivity index (χ1) is 4.30. The van der Waals surface area contributed by atoms with Crippen LogP contribution in [-0.4, -0.2) is 12.5 Å². The van der Waals surface area contributed by atoms with Crippen molar-refractivity contribution in [3.8, 4) is 0 Å². The fourth-order valence-corrected chi connectivity index (χ4v) is 0.629. The topological polar surface area (TPSA) is 55.1 Å². The van der Waals surface area contributed by atoms with Crippen molar-refractivity contribution in [2.24, 2.45) is 5.73 Å². The van der Waals surface area contributed by atoms with Crippen LogP contribution >= 0.6 is 12.4 Å². The lowest BCUT2D eigenvalue weighted by Gasteiger charge is -2.05. The molecule has 0 aromatic heterocycles. The van der Waals surface area contributed by atoms with Crippen molar-refractivity contribution >= 4 is 18.3 Å². The second-order valence-electron chi connectivity index (χ2n) is 1.80. The maximum atomic E-state index is 10.4. The van der Waals surface area contributed by atoms with Gasteiger partial charge in [0.25, 0.3) is 0 Å². The number of allylic oxidation sites excluding steroid dienone is 2. The van der Waals surface area contributed by atoms with Gasteiger partial charge in [-0.05, 0) is 12.3 Å². The van der Waals surface area contributed by atoms with E-state index in [1.807, 2.05) is 0 Å². The minimum absolute atomic E-state index is 0. The molecule has 0 saturated carbocycles. The Hall–Kier alpha value is -0.960. The van der Waals surface area contributed by atoms with Crippen molar-refractivity contribution in [1.29, 1.82) is 0 Å². The summed E-state index contributed by atoms with van der Waals surface area (Å²) < 4.78 is 0. The molecule has 0 fully saturated rings. The molecule has 56 valence electrons. The average molecular weight is 161 g/mol. The van der Waals surface area contributed by atoms with E-state index in [-0.39, 0.29) is 18.3 Å². The standard InChI is InChI=1S/C6H8N2O.ClH/c7-6(9)5-2-1-3-8-4-5;/h1-3,8H,4H2,(H2,7,9);1H. The van der Waals surface area contributed by atoms with Gasteiger partial charge in [-0.15, -0.1) is 12.4 Å². The van der Waals surface area contributed by atoms with Gasteiger partial charge in [0.15, 0.2) is 0 Å². The van der Waals surface area contributed by atoms with E-state index in [0.717, 1.165) is 0 Å². The van der Waals surface area contributed by atoms with Gasteiger partial charge in [-0.1, -0.05) is 6.08 Å². The summed E-state index contributed by atoms with van der Waals surface area (Å²) in [5, 5.41) is 2.87. The lowest BCUT2D eigenvalue weighted by atomic mass is 10.2. The van der Waals surface area contributed by atoms with Crippen LogP contribution < -0.4 is 11.1 Å². The molecule has 0 aromatic rings. The summed E-state index contributed by atoms with van der Waals surface area (Å²) in [5.41, 5.74) is 5.61. The molecule has 0 unspecified atom stereocenters. The van der Waals surface area contributed by atoms with Crippen molar-refractivity contribution in [2.75, 3.05) is 6.54 Å². The van der Waals surface area contributed by atoms with Crippen LogP contribution in [0, 0.1) is 0 Å². The number of amides is 1. The Bertz CT molecular complexity index is 186. The van der Waals surface area contributed by atoms with Gasteiger partial charge in [-0.2, -0.15) is 0 Å². The number of nitrogens with one attached hydrogen (secondary N) is 1. The van der Waals surface area contributed by atoms with Crippen molar-refractivity contribution in [3.05, 3.63) is 23.9 Å². The van der Waals surface area contributed by atoms with Gasteiger partial charge in [0.2, 0.25) is 5.91 Å². The molecule has 1 amide bonds. The van der Waals surface area contributed by atoms with Gasteiger partial charge in [0, 0.05) is 12.1 Å². The fourth-order valence-electron chi connectivity index (χ4n) is 0.629. The Balaban J connectivity index is 0.000000810. The van der Waals surface area contributed by atoms with Crippen LogP contribution in [0.2, 0.25) is 0 Å². The molecular weight excluding hydrogens is 152 g/mol. The summed E-state index contributed by atoms with van der Waals surface area (Å²) in [4.78, 5) is 10.4. The number of carbonyl (C=O) groups is 1. The molecule has 0 aliphatic carbocycles. The van der Waals surface area contributed by atoms with Crippen LogP contribution in [0.15, 0.2) is 23.9 Å². The molecule has 0 saturated heterocycles. The minimum atomic E-state index is -0.355. The summed E-state index contributed by atoms with van der Waals surface area (Å²) in [7, 11) is 0. The molecular formula is C6H9ClN2O. The molecule has 1 heterocycles. The third-order valence-electron chi connectivity index (χ3n) is 1.12. The lowest BCUT2D eigenvalue weighted by Crippen LogP contribution is -2.23. The molecule has 3 N–H and O–H groups in total. The quantitative estimate of drug-likeness (QED) is 0.565. The predicted octanol–water partition coefficient (Wildman–Crippen LogP) is -0.0632. The van der Waals surface area contributed by atoms with Crippen LogP contribution in [-0.2, 0) is 4.79 Å². The number of dihydropyridines is 1. The zero-order chi connectivity index (χ0) is 6.69. The SMILES string of the molecule is Cl.NC(=O)C1=CC=CNC1. The minimum Gasteiger partial charge on any atom is -0.387 e. The van der Waals surface area contributed by atoms with Crippen molar-refractivity contribution < 1.29 is 4.79 Å². The van der Waals surface area contributed by atoms with E-state index in [2.05, 4.69) is 5.32 Å². The molecule has 0 radical (unpaired) electrons. The molecule has 4 heteroatoms. The van der Waals surface area contributed by atoms with Gasteiger partial charge in [0.1, 0.15) is 0 Å². The van der Waals surface area contributed by atoms with Crippen molar-refractivity contribution in [3.63, 3.8) is 0 Å². The van der Waals surface area contributed by atoms with Crippen LogP contribution in [0.4, 0.5) is 0 Å². The number of hydrogen-bond acceptors (Lipinski definition) is 2. The molecule has 0 aromatic carbocycles. The van der Waals surface area contributed by atoms with Gasteiger partial charge < -0.3 is 11.1 Å². The average Bonchev–Trinajstić information content (AvgIpc) is 1.90. The maximum absolute atomic E-state index is 10.4. The highest BCUT2D eigenvalue weighted by Gasteiger charge is 2.02. The largest absolute Gasteiger partial charge is 0.387 e. The first-order valence-electron chi connectivity index (χ1n) is 2.69. The van der Waals surface area contributed by atoms with Crippen LogP contribution in [0.5, 0.6) is 0 Å². The van der Waals surface area contributed by atoms with E-state index in [1.165, 1.54) is 0 Å². The van der Waals surface area contributed by atoms with E-state index >= 15 is 0 Å².